The maximum absolute atomic E-state index is 12.5. The summed E-state index contributed by atoms with van der Waals surface area (Å²) in [7, 11) is -0.369. The number of ether oxygens (including phenoxy) is 2. The molecule has 0 spiro atoms. The van der Waals surface area contributed by atoms with Gasteiger partial charge in [-0.15, -0.1) is 10.2 Å². The van der Waals surface area contributed by atoms with Gasteiger partial charge in [-0.3, -0.25) is 4.79 Å². The maximum atomic E-state index is 12.5. The fourth-order valence-corrected chi connectivity index (χ4v) is 3.04. The number of aromatic nitrogens is 2. The number of hydrogen-bond acceptors (Lipinski definition) is 7. The van der Waals surface area contributed by atoms with Gasteiger partial charge in [-0.25, -0.2) is 8.42 Å². The van der Waals surface area contributed by atoms with E-state index in [1.807, 2.05) is 0 Å². The van der Waals surface area contributed by atoms with Gasteiger partial charge >= 0.3 is 0 Å². The summed E-state index contributed by atoms with van der Waals surface area (Å²) >= 11 is 0. The topological polar surface area (TPSA) is 107 Å². The summed E-state index contributed by atoms with van der Waals surface area (Å²) in [6.07, 6.45) is 1.08. The molecule has 2 aromatic carbocycles. The first-order chi connectivity index (χ1) is 13.8. The van der Waals surface area contributed by atoms with Crippen LogP contribution in [0.3, 0.4) is 0 Å². The quantitative estimate of drug-likeness (QED) is 0.662. The molecule has 0 saturated carbocycles. The number of nitrogens with zero attached hydrogens (tertiary/aromatic N) is 2. The summed E-state index contributed by atoms with van der Waals surface area (Å²) in [5, 5.41) is 10.4. The van der Waals surface area contributed by atoms with Gasteiger partial charge in [0.1, 0.15) is 11.5 Å². The highest BCUT2D eigenvalue weighted by Gasteiger charge is 2.12. The van der Waals surface area contributed by atoms with Crippen molar-refractivity contribution in [1.29, 1.82) is 0 Å². The van der Waals surface area contributed by atoms with Gasteiger partial charge < -0.3 is 14.8 Å². The lowest BCUT2D eigenvalue weighted by molar-refractivity contribution is 0.102. The maximum Gasteiger partial charge on any atom is 0.255 e. The van der Waals surface area contributed by atoms with Crippen molar-refractivity contribution in [3.05, 3.63) is 60.2 Å². The van der Waals surface area contributed by atoms with Gasteiger partial charge in [-0.1, -0.05) is 12.1 Å². The second-order valence-electron chi connectivity index (χ2n) is 6.16. The highest BCUT2D eigenvalue weighted by molar-refractivity contribution is 7.90. The Hall–Kier alpha value is -3.46. The molecule has 0 unspecified atom stereocenters. The first kappa shape index (κ1) is 20.3. The van der Waals surface area contributed by atoms with E-state index < -0.39 is 9.84 Å². The van der Waals surface area contributed by atoms with Crippen LogP contribution < -0.4 is 14.8 Å². The van der Waals surface area contributed by atoms with Crippen molar-refractivity contribution in [2.24, 2.45) is 0 Å². The Bertz CT molecular complexity index is 1110. The number of anilines is 1. The number of carbonyl (C=O) groups excluding carboxylic acids is 1. The third-order valence-electron chi connectivity index (χ3n) is 4.07. The van der Waals surface area contributed by atoms with E-state index in [1.165, 1.54) is 20.3 Å². The van der Waals surface area contributed by atoms with Gasteiger partial charge in [0, 0.05) is 29.1 Å². The van der Waals surface area contributed by atoms with E-state index in [-0.39, 0.29) is 10.9 Å². The molecule has 0 radical (unpaired) electrons. The third-order valence-corrected chi connectivity index (χ3v) is 5.05. The summed E-state index contributed by atoms with van der Waals surface area (Å²) in [6, 6.07) is 14.9. The minimum atomic E-state index is -3.40. The number of amides is 1. The summed E-state index contributed by atoms with van der Waals surface area (Å²) in [5.74, 6) is 0.717. The van der Waals surface area contributed by atoms with Crippen LogP contribution in [0.15, 0.2) is 59.6 Å². The highest BCUT2D eigenvalue weighted by atomic mass is 32.2. The van der Waals surface area contributed by atoms with Crippen LogP contribution >= 0.6 is 0 Å². The zero-order chi connectivity index (χ0) is 21.0. The van der Waals surface area contributed by atoms with Crippen molar-refractivity contribution < 1.29 is 22.7 Å². The van der Waals surface area contributed by atoms with Gasteiger partial charge in [-0.2, -0.15) is 0 Å². The van der Waals surface area contributed by atoms with E-state index in [1.54, 1.807) is 48.5 Å². The minimum absolute atomic E-state index is 0.0844. The average molecular weight is 413 g/mol. The van der Waals surface area contributed by atoms with Crippen LogP contribution in [-0.2, 0) is 9.84 Å². The first-order valence-electron chi connectivity index (χ1n) is 8.49. The Kier molecular flexibility index (Phi) is 5.79. The monoisotopic (exact) mass is 413 g/mol. The van der Waals surface area contributed by atoms with Crippen LogP contribution in [0.1, 0.15) is 10.4 Å². The Morgan fingerprint density at radius 2 is 1.52 bits per heavy atom. The van der Waals surface area contributed by atoms with Crippen LogP contribution in [0.2, 0.25) is 0 Å². The molecule has 0 aliphatic rings. The molecule has 1 N–H and O–H groups in total. The molecular formula is C20H19N3O5S. The summed E-state index contributed by atoms with van der Waals surface area (Å²) in [6.45, 7) is 0. The van der Waals surface area contributed by atoms with Crippen molar-refractivity contribution in [2.45, 2.75) is 5.03 Å². The molecule has 0 saturated heterocycles. The van der Waals surface area contributed by atoms with Crippen LogP contribution in [0.5, 0.6) is 11.5 Å². The van der Waals surface area contributed by atoms with Crippen molar-refractivity contribution in [3.8, 4) is 22.8 Å². The summed E-state index contributed by atoms with van der Waals surface area (Å²) < 4.78 is 33.3. The number of hydrogen-bond donors (Lipinski definition) is 1. The van der Waals surface area contributed by atoms with Gasteiger partial charge in [-0.05, 0) is 36.4 Å². The van der Waals surface area contributed by atoms with Gasteiger partial charge in [0.15, 0.2) is 14.9 Å². The van der Waals surface area contributed by atoms with E-state index in [2.05, 4.69) is 15.5 Å². The number of methoxy groups -OCH3 is 2. The van der Waals surface area contributed by atoms with E-state index in [0.717, 1.165) is 11.8 Å². The zero-order valence-electron chi connectivity index (χ0n) is 16.0. The Morgan fingerprint density at radius 3 is 2.00 bits per heavy atom. The number of sulfone groups is 1. The molecule has 9 heteroatoms. The number of rotatable bonds is 6. The molecule has 1 aromatic heterocycles. The lowest BCUT2D eigenvalue weighted by Gasteiger charge is -2.10. The molecule has 0 bridgehead atoms. The Morgan fingerprint density at radius 1 is 0.897 bits per heavy atom. The van der Waals surface area contributed by atoms with Gasteiger partial charge in [0.25, 0.3) is 5.91 Å². The highest BCUT2D eigenvalue weighted by Crippen LogP contribution is 2.24. The largest absolute Gasteiger partial charge is 0.497 e. The molecule has 3 aromatic rings. The normalized spacial score (nSPS) is 11.0. The molecule has 1 amide bonds. The lowest BCUT2D eigenvalue weighted by atomic mass is 10.1. The van der Waals surface area contributed by atoms with Crippen molar-refractivity contribution in [1.82, 2.24) is 10.2 Å². The number of carbonyl (C=O) groups is 1. The second-order valence-corrected chi connectivity index (χ2v) is 8.12. The molecule has 0 atom stereocenters. The molecule has 0 aliphatic carbocycles. The van der Waals surface area contributed by atoms with E-state index in [4.69, 9.17) is 9.47 Å². The molecule has 8 nitrogen and oxygen atoms in total. The molecule has 29 heavy (non-hydrogen) atoms. The van der Waals surface area contributed by atoms with E-state index in [0.29, 0.717) is 28.4 Å². The van der Waals surface area contributed by atoms with Gasteiger partial charge in [0.2, 0.25) is 0 Å². The second kappa shape index (κ2) is 8.27. The predicted molar refractivity (Wildman–Crippen MR) is 108 cm³/mol. The standard InChI is InChI=1S/C20H19N3O5S/c1-27-16-10-14(11-17(12-16)28-2)20(24)21-15-6-4-13(5-7-15)18-8-9-19(23-22-18)29(3,25)26/h4-12H,1-3H3,(H,21,24). The molecule has 150 valence electrons. The van der Waals surface area contributed by atoms with Crippen LogP contribution in [0.4, 0.5) is 5.69 Å². The number of benzene rings is 2. The van der Waals surface area contributed by atoms with Gasteiger partial charge in [0.05, 0.1) is 19.9 Å². The zero-order valence-corrected chi connectivity index (χ0v) is 16.9. The average Bonchev–Trinajstić information content (AvgIpc) is 2.73. The van der Waals surface area contributed by atoms with E-state index in [9.17, 15) is 13.2 Å². The van der Waals surface area contributed by atoms with Crippen molar-refractivity contribution >= 4 is 21.4 Å². The predicted octanol–water partition coefficient (Wildman–Crippen LogP) is 2.82. The number of nitrogens with one attached hydrogen (secondary N) is 1. The summed E-state index contributed by atoms with van der Waals surface area (Å²) in [5.41, 5.74) is 2.24. The van der Waals surface area contributed by atoms with Crippen molar-refractivity contribution in [3.63, 3.8) is 0 Å². The fraction of sp³-hybridized carbons (Fsp3) is 0.150. The van der Waals surface area contributed by atoms with E-state index >= 15 is 0 Å². The van der Waals surface area contributed by atoms with Crippen LogP contribution in [0, 0.1) is 0 Å². The van der Waals surface area contributed by atoms with Crippen molar-refractivity contribution in [2.75, 3.05) is 25.8 Å². The Labute approximate surface area is 168 Å². The fourth-order valence-electron chi connectivity index (χ4n) is 2.54. The summed E-state index contributed by atoms with van der Waals surface area (Å²) in [4.78, 5) is 12.5. The minimum Gasteiger partial charge on any atom is -0.497 e. The molecular weight excluding hydrogens is 394 g/mol. The molecule has 1 heterocycles. The van der Waals surface area contributed by atoms with Crippen LogP contribution in [0.25, 0.3) is 11.3 Å². The lowest BCUT2D eigenvalue weighted by Crippen LogP contribution is -2.12. The Balaban J connectivity index is 1.76. The smallest absolute Gasteiger partial charge is 0.255 e. The first-order valence-corrected chi connectivity index (χ1v) is 10.4. The van der Waals surface area contributed by atoms with Crippen LogP contribution in [-0.4, -0.2) is 45.0 Å². The molecule has 0 fully saturated rings. The third kappa shape index (κ3) is 4.88. The SMILES string of the molecule is COc1cc(OC)cc(C(=O)Nc2ccc(-c3ccc(S(C)(=O)=O)nn3)cc2)c1. The molecule has 0 aliphatic heterocycles. The molecule has 3 rings (SSSR count).